The van der Waals surface area contributed by atoms with Gasteiger partial charge < -0.3 is 4.74 Å². The van der Waals surface area contributed by atoms with E-state index in [2.05, 4.69) is 9.71 Å². The third-order valence-electron chi connectivity index (χ3n) is 4.50. The van der Waals surface area contributed by atoms with Crippen molar-refractivity contribution in [1.82, 2.24) is 4.98 Å². The molecule has 1 aromatic heterocycles. The standard InChI is InChI=1S/C19H17N3O5S2/c1-27-13-7-10-15-16(11-13)28-19(20-15)21-29(25,26)14-8-5-12(6-9-14)22-17(23)3-2-4-18(22)24/h5-11H,2-4H2,1H3,(H,20,21). The quantitative estimate of drug-likeness (QED) is 0.622. The topological polar surface area (TPSA) is 106 Å². The van der Waals surface area contributed by atoms with Crippen LogP contribution in [0, 0.1) is 0 Å². The number of hydrogen-bond donors (Lipinski definition) is 1. The molecule has 2 heterocycles. The number of nitrogens with zero attached hydrogens (tertiary/aromatic N) is 2. The number of methoxy groups -OCH3 is 1. The van der Waals surface area contributed by atoms with Crippen LogP contribution in [-0.4, -0.2) is 32.3 Å². The number of sulfonamides is 1. The highest BCUT2D eigenvalue weighted by Gasteiger charge is 2.27. The summed E-state index contributed by atoms with van der Waals surface area (Å²) < 4.78 is 33.8. The van der Waals surface area contributed by atoms with Gasteiger partial charge in [-0.3, -0.25) is 19.2 Å². The van der Waals surface area contributed by atoms with Crippen molar-refractivity contribution in [3.63, 3.8) is 0 Å². The second-order valence-electron chi connectivity index (χ2n) is 6.43. The Morgan fingerprint density at radius 1 is 1.07 bits per heavy atom. The number of imide groups is 1. The minimum atomic E-state index is -3.87. The van der Waals surface area contributed by atoms with Crippen LogP contribution < -0.4 is 14.4 Å². The first-order valence-electron chi connectivity index (χ1n) is 8.80. The van der Waals surface area contributed by atoms with Gasteiger partial charge in [0.05, 0.1) is 27.9 Å². The maximum atomic E-state index is 12.7. The Labute approximate surface area is 171 Å². The molecule has 1 aliphatic rings. The molecule has 10 heteroatoms. The molecule has 0 saturated carbocycles. The van der Waals surface area contributed by atoms with E-state index in [0.717, 1.165) is 9.60 Å². The van der Waals surface area contributed by atoms with E-state index in [0.29, 0.717) is 36.2 Å². The van der Waals surface area contributed by atoms with Gasteiger partial charge in [-0.1, -0.05) is 11.3 Å². The molecule has 3 aromatic rings. The fraction of sp³-hybridized carbons (Fsp3) is 0.211. The van der Waals surface area contributed by atoms with Crippen LogP contribution in [0.1, 0.15) is 19.3 Å². The summed E-state index contributed by atoms with van der Waals surface area (Å²) in [6, 6.07) is 10.9. The zero-order valence-corrected chi connectivity index (χ0v) is 17.0. The lowest BCUT2D eigenvalue weighted by Crippen LogP contribution is -2.40. The summed E-state index contributed by atoms with van der Waals surface area (Å²) in [5, 5.41) is 0.235. The number of hydrogen-bond acceptors (Lipinski definition) is 7. The SMILES string of the molecule is COc1ccc2nc(NS(=O)(=O)c3ccc(N4C(=O)CCCC4=O)cc3)sc2c1. The highest BCUT2D eigenvalue weighted by Crippen LogP contribution is 2.31. The van der Waals surface area contributed by atoms with Crippen molar-refractivity contribution in [3.8, 4) is 5.75 Å². The van der Waals surface area contributed by atoms with Crippen LogP contribution in [0.15, 0.2) is 47.4 Å². The molecule has 0 bridgehead atoms. The molecule has 29 heavy (non-hydrogen) atoms. The second kappa shape index (κ2) is 7.45. The lowest BCUT2D eigenvalue weighted by Gasteiger charge is -2.24. The molecular formula is C19H17N3O5S2. The Hall–Kier alpha value is -2.98. The van der Waals surface area contributed by atoms with Crippen LogP contribution >= 0.6 is 11.3 Å². The minimum Gasteiger partial charge on any atom is -0.497 e. The Bertz CT molecular complexity index is 1190. The molecule has 0 spiro atoms. The molecule has 1 fully saturated rings. The third-order valence-corrected chi connectivity index (χ3v) is 6.92. The van der Waals surface area contributed by atoms with Gasteiger partial charge >= 0.3 is 0 Å². The Morgan fingerprint density at radius 2 is 1.76 bits per heavy atom. The van der Waals surface area contributed by atoms with E-state index >= 15 is 0 Å². The third kappa shape index (κ3) is 3.81. The van der Waals surface area contributed by atoms with E-state index in [4.69, 9.17) is 4.74 Å². The fourth-order valence-corrected chi connectivity index (χ4v) is 5.19. The number of fused-ring (bicyclic) bond motifs is 1. The first kappa shape index (κ1) is 19.3. The van der Waals surface area contributed by atoms with E-state index in [1.165, 1.54) is 35.6 Å². The van der Waals surface area contributed by atoms with Crippen LogP contribution in [0.5, 0.6) is 5.75 Å². The number of ether oxygens (including phenoxy) is 1. The number of anilines is 2. The maximum absolute atomic E-state index is 12.7. The first-order chi connectivity index (χ1) is 13.9. The van der Waals surface area contributed by atoms with Crippen molar-refractivity contribution >= 4 is 54.2 Å². The highest BCUT2D eigenvalue weighted by molar-refractivity contribution is 7.93. The average molecular weight is 431 g/mol. The van der Waals surface area contributed by atoms with E-state index in [9.17, 15) is 18.0 Å². The van der Waals surface area contributed by atoms with Crippen LogP contribution in [0.25, 0.3) is 10.2 Å². The zero-order valence-electron chi connectivity index (χ0n) is 15.4. The van der Waals surface area contributed by atoms with Gasteiger partial charge in [0.2, 0.25) is 11.8 Å². The Kier molecular flexibility index (Phi) is 4.97. The van der Waals surface area contributed by atoms with Gasteiger partial charge in [0, 0.05) is 12.8 Å². The molecular weight excluding hydrogens is 414 g/mol. The van der Waals surface area contributed by atoms with Crippen LogP contribution in [0.2, 0.25) is 0 Å². The summed E-state index contributed by atoms with van der Waals surface area (Å²) in [7, 11) is -2.32. The van der Waals surface area contributed by atoms with E-state index < -0.39 is 10.0 Å². The molecule has 1 aliphatic heterocycles. The van der Waals surface area contributed by atoms with Gasteiger partial charge in [0.25, 0.3) is 10.0 Å². The number of piperidine rings is 1. The smallest absolute Gasteiger partial charge is 0.263 e. The molecule has 8 nitrogen and oxygen atoms in total. The predicted molar refractivity (Wildman–Crippen MR) is 110 cm³/mol. The Balaban J connectivity index is 1.57. The molecule has 0 radical (unpaired) electrons. The number of aromatic nitrogens is 1. The molecule has 150 valence electrons. The van der Waals surface area contributed by atoms with Crippen molar-refractivity contribution in [2.75, 3.05) is 16.7 Å². The second-order valence-corrected chi connectivity index (χ2v) is 9.14. The van der Waals surface area contributed by atoms with Gasteiger partial charge in [-0.15, -0.1) is 0 Å². The summed E-state index contributed by atoms with van der Waals surface area (Å²) in [5.74, 6) is 0.104. The highest BCUT2D eigenvalue weighted by atomic mass is 32.2. The number of amides is 2. The van der Waals surface area contributed by atoms with Crippen molar-refractivity contribution in [1.29, 1.82) is 0 Å². The molecule has 0 unspecified atom stereocenters. The number of carbonyl (C=O) groups is 2. The maximum Gasteiger partial charge on any atom is 0.263 e. The van der Waals surface area contributed by atoms with Gasteiger partial charge in [-0.05, 0) is 48.9 Å². The Morgan fingerprint density at radius 3 is 2.41 bits per heavy atom. The zero-order chi connectivity index (χ0) is 20.6. The summed E-state index contributed by atoms with van der Waals surface area (Å²) in [5.41, 5.74) is 1.02. The van der Waals surface area contributed by atoms with Crippen molar-refractivity contribution < 1.29 is 22.7 Å². The summed E-state index contributed by atoms with van der Waals surface area (Å²) in [4.78, 5) is 29.4. The van der Waals surface area contributed by atoms with Crippen molar-refractivity contribution in [2.24, 2.45) is 0 Å². The number of thiazole rings is 1. The van der Waals surface area contributed by atoms with E-state index in [1.54, 1.807) is 25.3 Å². The van der Waals surface area contributed by atoms with Crippen molar-refractivity contribution in [2.45, 2.75) is 24.2 Å². The van der Waals surface area contributed by atoms with Gasteiger partial charge in [0.1, 0.15) is 5.75 Å². The van der Waals surface area contributed by atoms with E-state index in [-0.39, 0.29) is 21.8 Å². The average Bonchev–Trinajstić information content (AvgIpc) is 3.08. The summed E-state index contributed by atoms with van der Waals surface area (Å²) in [6.07, 6.45) is 1.14. The van der Waals surface area contributed by atoms with Crippen LogP contribution in [-0.2, 0) is 19.6 Å². The lowest BCUT2D eigenvalue weighted by molar-refractivity contribution is -0.129. The van der Waals surface area contributed by atoms with Crippen LogP contribution in [0.4, 0.5) is 10.8 Å². The van der Waals surface area contributed by atoms with Crippen molar-refractivity contribution in [3.05, 3.63) is 42.5 Å². The van der Waals surface area contributed by atoms with Gasteiger partial charge in [0.15, 0.2) is 5.13 Å². The molecule has 1 saturated heterocycles. The van der Waals surface area contributed by atoms with Gasteiger partial charge in [-0.25, -0.2) is 13.4 Å². The summed E-state index contributed by atoms with van der Waals surface area (Å²) in [6.45, 7) is 0. The number of carbonyl (C=O) groups excluding carboxylic acids is 2. The number of benzene rings is 2. The van der Waals surface area contributed by atoms with E-state index in [1.807, 2.05) is 0 Å². The monoisotopic (exact) mass is 431 g/mol. The van der Waals surface area contributed by atoms with Crippen LogP contribution in [0.3, 0.4) is 0 Å². The molecule has 0 aliphatic carbocycles. The molecule has 4 rings (SSSR count). The summed E-state index contributed by atoms with van der Waals surface area (Å²) >= 11 is 1.20. The normalized spacial score (nSPS) is 15.0. The first-order valence-corrected chi connectivity index (χ1v) is 11.1. The fourth-order valence-electron chi connectivity index (χ4n) is 3.07. The molecule has 1 N–H and O–H groups in total. The minimum absolute atomic E-state index is 0.00925. The molecule has 0 atom stereocenters. The predicted octanol–water partition coefficient (Wildman–Crippen LogP) is 3.15. The van der Waals surface area contributed by atoms with Gasteiger partial charge in [-0.2, -0.15) is 0 Å². The largest absolute Gasteiger partial charge is 0.497 e. The number of nitrogens with one attached hydrogen (secondary N) is 1. The number of rotatable bonds is 5. The molecule has 2 aromatic carbocycles. The lowest BCUT2D eigenvalue weighted by atomic mass is 10.1. The molecule has 2 amide bonds.